The van der Waals surface area contributed by atoms with E-state index in [9.17, 15) is 10.1 Å². The van der Waals surface area contributed by atoms with Crippen LogP contribution < -0.4 is 10.1 Å². The standard InChI is InChI=1S/C10H16N4O3/c1-7-12-9(14(15)16)10(13(7)2)17-8-3-5-11-6-4-8/h8,11H,3-6H2,1-2H3. The summed E-state index contributed by atoms with van der Waals surface area (Å²) in [5.74, 6) is 0.656. The van der Waals surface area contributed by atoms with Gasteiger partial charge in [0.2, 0.25) is 5.82 Å². The molecule has 2 heterocycles. The van der Waals surface area contributed by atoms with Gasteiger partial charge in [0, 0.05) is 14.0 Å². The zero-order valence-electron chi connectivity index (χ0n) is 9.97. The molecule has 1 aromatic heterocycles. The van der Waals surface area contributed by atoms with Crippen LogP contribution in [0.1, 0.15) is 18.7 Å². The lowest BCUT2D eigenvalue weighted by Crippen LogP contribution is -2.34. The molecule has 1 N–H and O–H groups in total. The third-order valence-electron chi connectivity index (χ3n) is 2.99. The number of hydrogen-bond acceptors (Lipinski definition) is 5. The van der Waals surface area contributed by atoms with E-state index in [1.54, 1.807) is 18.5 Å². The zero-order chi connectivity index (χ0) is 12.4. The average Bonchev–Trinajstić information content (AvgIpc) is 2.59. The number of aryl methyl sites for hydroxylation is 1. The quantitative estimate of drug-likeness (QED) is 0.623. The van der Waals surface area contributed by atoms with Crippen LogP contribution in [-0.4, -0.2) is 33.7 Å². The third-order valence-corrected chi connectivity index (χ3v) is 2.99. The minimum Gasteiger partial charge on any atom is -0.469 e. The van der Waals surface area contributed by atoms with Crippen molar-refractivity contribution in [3.8, 4) is 5.88 Å². The maximum absolute atomic E-state index is 10.9. The predicted octanol–water partition coefficient (Wildman–Crippen LogP) is 0.768. The molecule has 1 aliphatic heterocycles. The van der Waals surface area contributed by atoms with E-state index < -0.39 is 4.92 Å². The van der Waals surface area contributed by atoms with Crippen LogP contribution in [0.2, 0.25) is 0 Å². The van der Waals surface area contributed by atoms with Crippen LogP contribution in [0.15, 0.2) is 0 Å². The van der Waals surface area contributed by atoms with E-state index >= 15 is 0 Å². The summed E-state index contributed by atoms with van der Waals surface area (Å²) in [5, 5.41) is 14.1. The van der Waals surface area contributed by atoms with Crippen molar-refractivity contribution in [2.24, 2.45) is 7.05 Å². The molecule has 1 aliphatic rings. The normalized spacial score (nSPS) is 17.1. The highest BCUT2D eigenvalue weighted by molar-refractivity contribution is 5.36. The Bertz CT molecular complexity index is 423. The second-order valence-corrected chi connectivity index (χ2v) is 4.17. The first-order valence-electron chi connectivity index (χ1n) is 5.64. The molecular weight excluding hydrogens is 224 g/mol. The van der Waals surface area contributed by atoms with Gasteiger partial charge in [-0.05, 0) is 35.8 Å². The van der Waals surface area contributed by atoms with Gasteiger partial charge >= 0.3 is 5.82 Å². The fraction of sp³-hybridized carbons (Fsp3) is 0.700. The van der Waals surface area contributed by atoms with Gasteiger partial charge in [-0.2, -0.15) is 0 Å². The summed E-state index contributed by atoms with van der Waals surface area (Å²) in [5.41, 5.74) is 0. The fourth-order valence-electron chi connectivity index (χ4n) is 1.89. The van der Waals surface area contributed by atoms with Crippen LogP contribution in [0, 0.1) is 17.0 Å². The molecule has 1 saturated heterocycles. The number of hydrogen-bond donors (Lipinski definition) is 1. The summed E-state index contributed by atoms with van der Waals surface area (Å²) in [6.45, 7) is 3.49. The van der Waals surface area contributed by atoms with Gasteiger partial charge in [-0.3, -0.25) is 4.57 Å². The first-order valence-corrected chi connectivity index (χ1v) is 5.64. The Kier molecular flexibility index (Phi) is 3.28. The van der Waals surface area contributed by atoms with Crippen molar-refractivity contribution < 1.29 is 9.66 Å². The number of nitro groups is 1. The highest BCUT2D eigenvalue weighted by atomic mass is 16.6. The first kappa shape index (κ1) is 11.8. The van der Waals surface area contributed by atoms with E-state index in [-0.39, 0.29) is 17.8 Å². The lowest BCUT2D eigenvalue weighted by molar-refractivity contribution is -0.390. The van der Waals surface area contributed by atoms with Gasteiger partial charge in [0.15, 0.2) is 0 Å². The van der Waals surface area contributed by atoms with E-state index in [0.717, 1.165) is 25.9 Å². The molecule has 2 rings (SSSR count). The SMILES string of the molecule is Cc1nc([N+](=O)[O-])c(OC2CCNCC2)n1C. The molecule has 0 aliphatic carbocycles. The van der Waals surface area contributed by atoms with Crippen molar-refractivity contribution >= 4 is 5.82 Å². The maximum Gasteiger partial charge on any atom is 0.426 e. The average molecular weight is 240 g/mol. The van der Waals surface area contributed by atoms with E-state index in [0.29, 0.717) is 5.82 Å². The summed E-state index contributed by atoms with van der Waals surface area (Å²) in [4.78, 5) is 14.3. The van der Waals surface area contributed by atoms with Gasteiger partial charge in [0.1, 0.15) is 6.10 Å². The van der Waals surface area contributed by atoms with Crippen LogP contribution in [-0.2, 0) is 7.05 Å². The van der Waals surface area contributed by atoms with Crippen molar-refractivity contribution in [3.63, 3.8) is 0 Å². The van der Waals surface area contributed by atoms with Gasteiger partial charge in [-0.15, -0.1) is 0 Å². The smallest absolute Gasteiger partial charge is 0.426 e. The van der Waals surface area contributed by atoms with Crippen LogP contribution in [0.25, 0.3) is 0 Å². The van der Waals surface area contributed by atoms with Gasteiger partial charge in [0.05, 0.1) is 0 Å². The van der Waals surface area contributed by atoms with Crippen molar-refractivity contribution in [2.45, 2.75) is 25.9 Å². The number of imidazole rings is 1. The van der Waals surface area contributed by atoms with E-state index in [4.69, 9.17) is 4.74 Å². The lowest BCUT2D eigenvalue weighted by Gasteiger charge is -2.23. The van der Waals surface area contributed by atoms with Crippen LogP contribution in [0.4, 0.5) is 5.82 Å². The molecule has 94 valence electrons. The van der Waals surface area contributed by atoms with E-state index in [1.807, 2.05) is 0 Å². The Hall–Kier alpha value is -1.63. The van der Waals surface area contributed by atoms with Gasteiger partial charge in [-0.1, -0.05) is 0 Å². The Morgan fingerprint density at radius 2 is 2.18 bits per heavy atom. The summed E-state index contributed by atoms with van der Waals surface area (Å²) in [6.07, 6.45) is 1.76. The molecule has 0 aromatic carbocycles. The number of ether oxygens (including phenoxy) is 1. The molecule has 0 saturated carbocycles. The van der Waals surface area contributed by atoms with E-state index in [1.165, 1.54) is 0 Å². The number of nitrogens with zero attached hydrogens (tertiary/aromatic N) is 3. The van der Waals surface area contributed by atoms with Gasteiger partial charge < -0.3 is 20.2 Å². The lowest BCUT2D eigenvalue weighted by atomic mass is 10.1. The number of aromatic nitrogens is 2. The predicted molar refractivity (Wildman–Crippen MR) is 61.1 cm³/mol. The van der Waals surface area contributed by atoms with Gasteiger partial charge in [0.25, 0.3) is 5.88 Å². The molecule has 7 nitrogen and oxygen atoms in total. The highest BCUT2D eigenvalue weighted by Crippen LogP contribution is 2.28. The van der Waals surface area contributed by atoms with Crippen LogP contribution in [0.3, 0.4) is 0 Å². The Morgan fingerprint density at radius 1 is 1.53 bits per heavy atom. The molecule has 0 atom stereocenters. The summed E-state index contributed by atoms with van der Waals surface area (Å²) in [7, 11) is 1.73. The Balaban J connectivity index is 2.21. The molecule has 1 fully saturated rings. The number of rotatable bonds is 3. The van der Waals surface area contributed by atoms with Crippen molar-refractivity contribution in [2.75, 3.05) is 13.1 Å². The van der Waals surface area contributed by atoms with Gasteiger partial charge in [-0.25, -0.2) is 0 Å². The third kappa shape index (κ3) is 2.38. The molecule has 0 amide bonds. The second-order valence-electron chi connectivity index (χ2n) is 4.17. The summed E-state index contributed by atoms with van der Waals surface area (Å²) >= 11 is 0. The molecule has 7 heteroatoms. The minimum absolute atomic E-state index is 0.0322. The Labute approximate surface area is 98.9 Å². The van der Waals surface area contributed by atoms with Crippen LogP contribution >= 0.6 is 0 Å². The number of piperidine rings is 1. The maximum atomic E-state index is 10.9. The first-order chi connectivity index (χ1) is 8.09. The van der Waals surface area contributed by atoms with Crippen molar-refractivity contribution in [1.82, 2.24) is 14.9 Å². The number of nitrogens with one attached hydrogen (secondary N) is 1. The zero-order valence-corrected chi connectivity index (χ0v) is 9.97. The largest absolute Gasteiger partial charge is 0.469 e. The minimum atomic E-state index is -0.497. The molecule has 0 unspecified atom stereocenters. The summed E-state index contributed by atoms with van der Waals surface area (Å²) in [6, 6.07) is 0. The summed E-state index contributed by atoms with van der Waals surface area (Å²) < 4.78 is 7.34. The highest BCUT2D eigenvalue weighted by Gasteiger charge is 2.28. The van der Waals surface area contributed by atoms with Crippen LogP contribution in [0.5, 0.6) is 5.88 Å². The van der Waals surface area contributed by atoms with E-state index in [2.05, 4.69) is 10.3 Å². The molecule has 0 spiro atoms. The monoisotopic (exact) mass is 240 g/mol. The molecule has 0 bridgehead atoms. The molecule has 17 heavy (non-hydrogen) atoms. The molecular formula is C10H16N4O3. The second kappa shape index (κ2) is 4.70. The molecule has 0 radical (unpaired) electrons. The van der Waals surface area contributed by atoms with Crippen molar-refractivity contribution in [3.05, 3.63) is 15.9 Å². The molecule has 1 aromatic rings. The fourth-order valence-corrected chi connectivity index (χ4v) is 1.89. The topological polar surface area (TPSA) is 82.2 Å². The Morgan fingerprint density at radius 3 is 2.76 bits per heavy atom. The van der Waals surface area contributed by atoms with Crippen molar-refractivity contribution in [1.29, 1.82) is 0 Å².